The molecule has 0 saturated heterocycles. The number of nitrogens with zero attached hydrogens (tertiary/aromatic N) is 2. The van der Waals surface area contributed by atoms with E-state index in [9.17, 15) is 20.4 Å². The molecule has 0 aliphatic rings. The van der Waals surface area contributed by atoms with Crippen LogP contribution in [-0.2, 0) is 0 Å². The summed E-state index contributed by atoms with van der Waals surface area (Å²) in [6.07, 6.45) is 2.64. The number of rotatable bonds is 3. The average Bonchev–Trinajstić information content (AvgIpc) is 2.70. The highest BCUT2D eigenvalue weighted by Crippen LogP contribution is 2.35. The van der Waals surface area contributed by atoms with E-state index >= 15 is 0 Å². The normalized spacial score (nSPS) is 12.6. The van der Waals surface area contributed by atoms with Gasteiger partial charge in [0.25, 0.3) is 0 Å². The molecule has 1 aromatic heterocycles. The quantitative estimate of drug-likeness (QED) is 0.361. The smallest absolute Gasteiger partial charge is 0.158 e. The maximum atomic E-state index is 9.89. The van der Waals surface area contributed by atoms with Crippen LogP contribution < -0.4 is 22.2 Å². The van der Waals surface area contributed by atoms with Crippen molar-refractivity contribution in [3.63, 3.8) is 0 Å². The fourth-order valence-electron chi connectivity index (χ4n) is 2.62. The Bertz CT molecular complexity index is 1210. The molecule has 0 radical (unpaired) electrons. The number of aromatic nitrogens is 2. The minimum atomic E-state index is -0.338. The van der Waals surface area contributed by atoms with E-state index in [-0.39, 0.29) is 39.4 Å². The Morgan fingerprint density at radius 1 is 0.821 bits per heavy atom. The Morgan fingerprint density at radius 3 is 1.75 bits per heavy atom. The van der Waals surface area contributed by atoms with E-state index in [4.69, 9.17) is 11.5 Å². The first-order chi connectivity index (χ1) is 13.3. The van der Waals surface area contributed by atoms with Crippen molar-refractivity contribution in [2.24, 2.45) is 11.5 Å². The van der Waals surface area contributed by atoms with E-state index in [2.05, 4.69) is 16.5 Å². The number of phenolic OH excluding ortho intramolecular Hbond substituents is 4. The summed E-state index contributed by atoms with van der Waals surface area (Å²) in [4.78, 5) is 9.04. The summed E-state index contributed by atoms with van der Waals surface area (Å²) in [7, 11) is 0. The molecule has 28 heavy (non-hydrogen) atoms. The van der Waals surface area contributed by atoms with Crippen molar-refractivity contribution in [3.05, 3.63) is 59.8 Å². The van der Waals surface area contributed by atoms with Crippen LogP contribution in [-0.4, -0.2) is 30.4 Å². The standard InChI is InChI=1S/C20H18N4O4/c1-2-12(22)20-13(9-21)23-18(10-3-5-14(25)16(27)7-10)19(24-20)11-4-6-15(26)17(28)8-11/h2-9,25-28H,1,21-22H2/b13-9+,20-12-. The van der Waals surface area contributed by atoms with Crippen molar-refractivity contribution in [2.75, 3.05) is 0 Å². The van der Waals surface area contributed by atoms with Crippen molar-refractivity contribution in [1.82, 2.24) is 9.97 Å². The van der Waals surface area contributed by atoms with Crippen molar-refractivity contribution in [2.45, 2.75) is 0 Å². The van der Waals surface area contributed by atoms with Crippen molar-refractivity contribution < 1.29 is 20.4 Å². The van der Waals surface area contributed by atoms with Gasteiger partial charge in [-0.3, -0.25) is 0 Å². The van der Waals surface area contributed by atoms with Crippen LogP contribution in [0.4, 0.5) is 0 Å². The minimum Gasteiger partial charge on any atom is -0.504 e. The largest absolute Gasteiger partial charge is 0.504 e. The molecule has 8 N–H and O–H groups in total. The lowest BCUT2D eigenvalue weighted by molar-refractivity contribution is 0.404. The third-order valence-electron chi connectivity index (χ3n) is 4.07. The van der Waals surface area contributed by atoms with E-state index in [1.807, 2.05) is 0 Å². The molecular weight excluding hydrogens is 360 g/mol. The van der Waals surface area contributed by atoms with Gasteiger partial charge in [-0.2, -0.15) is 0 Å². The number of benzene rings is 2. The maximum absolute atomic E-state index is 9.89. The molecule has 1 heterocycles. The number of phenols is 4. The van der Waals surface area contributed by atoms with Gasteiger partial charge < -0.3 is 31.9 Å². The Morgan fingerprint density at radius 2 is 1.32 bits per heavy atom. The Labute approximate surface area is 159 Å². The second-order valence-electron chi connectivity index (χ2n) is 5.89. The van der Waals surface area contributed by atoms with Gasteiger partial charge >= 0.3 is 0 Å². The van der Waals surface area contributed by atoms with Crippen LogP contribution in [0.3, 0.4) is 0 Å². The molecule has 0 bridgehead atoms. The molecule has 8 nitrogen and oxygen atoms in total. The molecule has 0 fully saturated rings. The zero-order valence-corrected chi connectivity index (χ0v) is 14.7. The second-order valence-corrected chi connectivity index (χ2v) is 5.89. The van der Waals surface area contributed by atoms with Gasteiger partial charge in [-0.15, -0.1) is 0 Å². The first-order valence-corrected chi connectivity index (χ1v) is 8.12. The highest BCUT2D eigenvalue weighted by Gasteiger charge is 2.15. The third-order valence-corrected chi connectivity index (χ3v) is 4.07. The van der Waals surface area contributed by atoms with Crippen molar-refractivity contribution in [3.8, 4) is 45.5 Å². The number of aromatic hydroxyl groups is 4. The molecule has 0 atom stereocenters. The topological polar surface area (TPSA) is 159 Å². The first-order valence-electron chi connectivity index (χ1n) is 8.12. The SMILES string of the molecule is C=C/C(N)=c1/nc(-c2ccc(O)c(O)c2)c(-c2ccc(O)c(O)c2)n/c1=C/N. The van der Waals surface area contributed by atoms with Crippen LogP contribution in [0.1, 0.15) is 0 Å². The highest BCUT2D eigenvalue weighted by atomic mass is 16.3. The number of nitrogens with two attached hydrogens (primary N) is 2. The van der Waals surface area contributed by atoms with Crippen LogP contribution in [0.2, 0.25) is 0 Å². The molecule has 3 rings (SSSR count). The van der Waals surface area contributed by atoms with Crippen LogP contribution in [0.5, 0.6) is 23.0 Å². The van der Waals surface area contributed by atoms with E-state index in [1.54, 1.807) is 12.1 Å². The summed E-state index contributed by atoms with van der Waals surface area (Å²) < 4.78 is 0. The van der Waals surface area contributed by atoms with Crippen LogP contribution in [0, 0.1) is 0 Å². The third kappa shape index (κ3) is 3.26. The van der Waals surface area contributed by atoms with E-state index in [0.29, 0.717) is 22.5 Å². The lowest BCUT2D eigenvalue weighted by atomic mass is 10.0. The van der Waals surface area contributed by atoms with Crippen LogP contribution >= 0.6 is 0 Å². The second kappa shape index (κ2) is 7.20. The number of hydrogen-bond donors (Lipinski definition) is 6. The summed E-state index contributed by atoms with van der Waals surface area (Å²) in [6.45, 7) is 3.62. The molecule has 0 saturated carbocycles. The first kappa shape index (κ1) is 18.6. The molecule has 0 unspecified atom stereocenters. The van der Waals surface area contributed by atoms with Gasteiger partial charge in [0.05, 0.1) is 17.1 Å². The highest BCUT2D eigenvalue weighted by molar-refractivity contribution is 5.80. The monoisotopic (exact) mass is 378 g/mol. The van der Waals surface area contributed by atoms with Gasteiger partial charge in [-0.1, -0.05) is 6.58 Å². The predicted molar refractivity (Wildman–Crippen MR) is 105 cm³/mol. The molecular formula is C20H18N4O4. The van der Waals surface area contributed by atoms with E-state index in [1.165, 1.54) is 36.5 Å². The van der Waals surface area contributed by atoms with Crippen LogP contribution in [0.25, 0.3) is 34.4 Å². The predicted octanol–water partition coefficient (Wildman–Crippen LogP) is 0.583. The molecule has 2 aromatic carbocycles. The Balaban J connectivity index is 2.44. The van der Waals surface area contributed by atoms with E-state index < -0.39 is 0 Å². The van der Waals surface area contributed by atoms with Crippen molar-refractivity contribution >= 4 is 11.9 Å². The summed E-state index contributed by atoms with van der Waals surface area (Å²) in [5, 5.41) is 39.5. The molecule has 142 valence electrons. The van der Waals surface area contributed by atoms with Gasteiger partial charge in [0.2, 0.25) is 0 Å². The average molecular weight is 378 g/mol. The molecule has 0 amide bonds. The van der Waals surface area contributed by atoms with Gasteiger partial charge in [0.15, 0.2) is 23.0 Å². The van der Waals surface area contributed by atoms with Gasteiger partial charge in [-0.25, -0.2) is 9.97 Å². The zero-order valence-electron chi connectivity index (χ0n) is 14.7. The molecule has 0 spiro atoms. The zero-order chi connectivity index (χ0) is 20.4. The Hall–Kier alpha value is -4.20. The van der Waals surface area contributed by atoms with E-state index in [0.717, 1.165) is 0 Å². The minimum absolute atomic E-state index is 0.244. The summed E-state index contributed by atoms with van der Waals surface area (Å²) in [5.41, 5.74) is 13.4. The number of hydrogen-bond acceptors (Lipinski definition) is 8. The Kier molecular flexibility index (Phi) is 4.78. The van der Waals surface area contributed by atoms with Gasteiger partial charge in [-0.05, 0) is 42.5 Å². The maximum Gasteiger partial charge on any atom is 0.158 e. The lowest BCUT2D eigenvalue weighted by Gasteiger charge is -2.11. The fraction of sp³-hybridized carbons (Fsp3) is 0. The lowest BCUT2D eigenvalue weighted by Crippen LogP contribution is -2.37. The summed E-state index contributed by atoms with van der Waals surface area (Å²) in [5.74, 6) is -1.24. The molecule has 0 aliphatic carbocycles. The summed E-state index contributed by atoms with van der Waals surface area (Å²) >= 11 is 0. The molecule has 8 heteroatoms. The van der Waals surface area contributed by atoms with Gasteiger partial charge in [0, 0.05) is 17.3 Å². The van der Waals surface area contributed by atoms with Crippen molar-refractivity contribution in [1.29, 1.82) is 0 Å². The molecule has 3 aromatic rings. The van der Waals surface area contributed by atoms with Crippen LogP contribution in [0.15, 0.2) is 49.1 Å². The van der Waals surface area contributed by atoms with Gasteiger partial charge in [0.1, 0.15) is 10.7 Å². The summed E-state index contributed by atoms with van der Waals surface area (Å²) in [6, 6.07) is 8.36. The molecule has 0 aliphatic heterocycles. The fourth-order valence-corrected chi connectivity index (χ4v) is 2.62.